The first kappa shape index (κ1) is 9.98. The second-order valence-corrected chi connectivity index (χ2v) is 3.52. The summed E-state index contributed by atoms with van der Waals surface area (Å²) >= 11 is 0. The number of aromatic amines is 1. The van der Waals surface area contributed by atoms with E-state index in [0.717, 1.165) is 18.8 Å². The lowest BCUT2D eigenvalue weighted by molar-refractivity contribution is 0.538. The summed E-state index contributed by atoms with van der Waals surface area (Å²) in [5.41, 5.74) is 1.18. The Morgan fingerprint density at radius 3 is 3.20 bits per heavy atom. The predicted molar refractivity (Wildman–Crippen MR) is 57.4 cm³/mol. The molecule has 2 N–H and O–H groups in total. The highest BCUT2D eigenvalue weighted by Crippen LogP contribution is 2.11. The van der Waals surface area contributed by atoms with Crippen LogP contribution in [-0.2, 0) is 6.42 Å². The van der Waals surface area contributed by atoms with Crippen LogP contribution in [0.1, 0.15) is 24.4 Å². The first-order valence-electron chi connectivity index (χ1n) is 5.10. The molecule has 4 nitrogen and oxygen atoms in total. The van der Waals surface area contributed by atoms with Crippen LogP contribution < -0.4 is 5.32 Å². The summed E-state index contributed by atoms with van der Waals surface area (Å²) in [4.78, 5) is 7.24. The quantitative estimate of drug-likeness (QED) is 0.783. The third-order valence-electron chi connectivity index (χ3n) is 2.41. The number of nitrogens with one attached hydrogen (secondary N) is 2. The Labute approximate surface area is 88.7 Å². The number of aromatic nitrogens is 2. The van der Waals surface area contributed by atoms with Gasteiger partial charge in [-0.25, -0.2) is 4.98 Å². The Morgan fingerprint density at radius 1 is 1.60 bits per heavy atom. The Bertz CT molecular complexity index is 366. The second kappa shape index (κ2) is 4.79. The van der Waals surface area contributed by atoms with Crippen LogP contribution in [0.5, 0.6) is 0 Å². The fourth-order valence-corrected chi connectivity index (χ4v) is 1.48. The highest BCUT2D eigenvalue weighted by molar-refractivity contribution is 5.10. The lowest BCUT2D eigenvalue weighted by atomic mass is 10.2. The number of hydrogen-bond acceptors (Lipinski definition) is 3. The van der Waals surface area contributed by atoms with Crippen molar-refractivity contribution in [3.63, 3.8) is 0 Å². The van der Waals surface area contributed by atoms with Gasteiger partial charge in [-0.1, -0.05) is 0 Å². The standard InChI is InChI=1S/C11H15N3O/c1-9(10-3-7-15-8-10)12-4-2-11-13-5-6-14-11/h3,5-9,12H,2,4H2,1H3,(H,13,14). The minimum Gasteiger partial charge on any atom is -0.472 e. The summed E-state index contributed by atoms with van der Waals surface area (Å²) in [5, 5.41) is 3.40. The molecule has 2 aromatic heterocycles. The van der Waals surface area contributed by atoms with E-state index < -0.39 is 0 Å². The largest absolute Gasteiger partial charge is 0.472 e. The van der Waals surface area contributed by atoms with Gasteiger partial charge in [-0.3, -0.25) is 0 Å². The monoisotopic (exact) mass is 205 g/mol. The predicted octanol–water partition coefficient (Wildman–Crippen LogP) is 1.90. The van der Waals surface area contributed by atoms with Crippen molar-refractivity contribution in [3.8, 4) is 0 Å². The van der Waals surface area contributed by atoms with E-state index in [0.29, 0.717) is 6.04 Å². The van der Waals surface area contributed by atoms with Crippen molar-refractivity contribution in [2.75, 3.05) is 6.54 Å². The average Bonchev–Trinajstić information content (AvgIpc) is 2.90. The van der Waals surface area contributed by atoms with E-state index >= 15 is 0 Å². The highest BCUT2D eigenvalue weighted by Gasteiger charge is 2.05. The van der Waals surface area contributed by atoms with E-state index in [9.17, 15) is 0 Å². The smallest absolute Gasteiger partial charge is 0.107 e. The van der Waals surface area contributed by atoms with Gasteiger partial charge in [0, 0.05) is 37.0 Å². The minimum absolute atomic E-state index is 0.318. The zero-order valence-electron chi connectivity index (χ0n) is 8.73. The van der Waals surface area contributed by atoms with Crippen LogP contribution in [0.4, 0.5) is 0 Å². The van der Waals surface area contributed by atoms with E-state index in [1.807, 2.05) is 12.3 Å². The lowest BCUT2D eigenvalue weighted by Crippen LogP contribution is -2.21. The van der Waals surface area contributed by atoms with E-state index in [1.165, 1.54) is 5.56 Å². The van der Waals surface area contributed by atoms with Crippen LogP contribution in [0.25, 0.3) is 0 Å². The molecule has 0 saturated carbocycles. The van der Waals surface area contributed by atoms with Gasteiger partial charge in [0.25, 0.3) is 0 Å². The van der Waals surface area contributed by atoms with Crippen molar-refractivity contribution in [1.29, 1.82) is 0 Å². The molecule has 0 fully saturated rings. The Kier molecular flexibility index (Phi) is 3.19. The fraction of sp³-hybridized carbons (Fsp3) is 0.364. The summed E-state index contributed by atoms with van der Waals surface area (Å²) in [6.45, 7) is 3.02. The molecule has 80 valence electrons. The average molecular weight is 205 g/mol. The molecule has 0 aliphatic carbocycles. The summed E-state index contributed by atoms with van der Waals surface area (Å²) in [5.74, 6) is 1.02. The molecule has 2 heterocycles. The molecule has 0 bridgehead atoms. The van der Waals surface area contributed by atoms with Crippen LogP contribution in [-0.4, -0.2) is 16.5 Å². The molecule has 1 atom stereocenters. The SMILES string of the molecule is CC(NCCc1ncc[nH]1)c1ccoc1. The maximum Gasteiger partial charge on any atom is 0.107 e. The minimum atomic E-state index is 0.318. The molecule has 0 aliphatic rings. The van der Waals surface area contributed by atoms with Gasteiger partial charge in [0.1, 0.15) is 5.82 Å². The van der Waals surface area contributed by atoms with E-state index in [2.05, 4.69) is 22.2 Å². The topological polar surface area (TPSA) is 53.9 Å². The molecular weight excluding hydrogens is 190 g/mol. The van der Waals surface area contributed by atoms with Gasteiger partial charge in [0.15, 0.2) is 0 Å². The van der Waals surface area contributed by atoms with Crippen LogP contribution >= 0.6 is 0 Å². The first-order valence-corrected chi connectivity index (χ1v) is 5.10. The second-order valence-electron chi connectivity index (χ2n) is 3.52. The zero-order valence-corrected chi connectivity index (χ0v) is 8.73. The third-order valence-corrected chi connectivity index (χ3v) is 2.41. The fourth-order valence-electron chi connectivity index (χ4n) is 1.48. The van der Waals surface area contributed by atoms with Crippen molar-refractivity contribution < 1.29 is 4.42 Å². The lowest BCUT2D eigenvalue weighted by Gasteiger charge is -2.10. The van der Waals surface area contributed by atoms with Crippen LogP contribution in [0.3, 0.4) is 0 Å². The van der Waals surface area contributed by atoms with Gasteiger partial charge >= 0.3 is 0 Å². The van der Waals surface area contributed by atoms with Crippen molar-refractivity contribution in [2.24, 2.45) is 0 Å². The number of hydrogen-bond donors (Lipinski definition) is 2. The van der Waals surface area contributed by atoms with Gasteiger partial charge in [0.2, 0.25) is 0 Å². The van der Waals surface area contributed by atoms with Gasteiger partial charge in [-0.15, -0.1) is 0 Å². The summed E-state index contributed by atoms with van der Waals surface area (Å²) in [6, 6.07) is 2.29. The molecule has 0 radical (unpaired) electrons. The molecule has 15 heavy (non-hydrogen) atoms. The maximum atomic E-state index is 5.03. The van der Waals surface area contributed by atoms with Crippen molar-refractivity contribution >= 4 is 0 Å². The van der Waals surface area contributed by atoms with Gasteiger partial charge in [0.05, 0.1) is 12.5 Å². The summed E-state index contributed by atoms with van der Waals surface area (Å²) < 4.78 is 5.03. The Morgan fingerprint density at radius 2 is 2.53 bits per heavy atom. The van der Waals surface area contributed by atoms with Crippen LogP contribution in [0.2, 0.25) is 0 Å². The van der Waals surface area contributed by atoms with Crippen molar-refractivity contribution in [1.82, 2.24) is 15.3 Å². The number of furan rings is 1. The molecule has 0 saturated heterocycles. The van der Waals surface area contributed by atoms with Gasteiger partial charge < -0.3 is 14.7 Å². The molecule has 1 unspecified atom stereocenters. The molecular formula is C11H15N3O. The number of rotatable bonds is 5. The third kappa shape index (κ3) is 2.70. The summed E-state index contributed by atoms with van der Waals surface area (Å²) in [6.07, 6.45) is 7.99. The molecule has 2 aromatic rings. The molecule has 2 rings (SSSR count). The van der Waals surface area contributed by atoms with E-state index in [1.54, 1.807) is 18.7 Å². The van der Waals surface area contributed by atoms with Gasteiger partial charge in [-0.05, 0) is 13.0 Å². The first-order chi connectivity index (χ1) is 7.36. The number of nitrogens with zero attached hydrogens (tertiary/aromatic N) is 1. The molecule has 0 aromatic carbocycles. The summed E-state index contributed by atoms with van der Waals surface area (Å²) in [7, 11) is 0. The maximum absolute atomic E-state index is 5.03. The van der Waals surface area contributed by atoms with Crippen molar-refractivity contribution in [2.45, 2.75) is 19.4 Å². The number of imidazole rings is 1. The molecule has 4 heteroatoms. The van der Waals surface area contributed by atoms with E-state index in [-0.39, 0.29) is 0 Å². The normalized spacial score (nSPS) is 12.9. The van der Waals surface area contributed by atoms with Crippen LogP contribution in [0.15, 0.2) is 35.4 Å². The van der Waals surface area contributed by atoms with E-state index in [4.69, 9.17) is 4.42 Å². The molecule has 0 amide bonds. The Balaban J connectivity index is 1.74. The zero-order chi connectivity index (χ0) is 10.5. The highest BCUT2D eigenvalue weighted by atomic mass is 16.3. The van der Waals surface area contributed by atoms with Gasteiger partial charge in [-0.2, -0.15) is 0 Å². The number of H-pyrrole nitrogens is 1. The Hall–Kier alpha value is -1.55. The van der Waals surface area contributed by atoms with Crippen molar-refractivity contribution in [3.05, 3.63) is 42.4 Å². The molecule has 0 spiro atoms. The molecule has 0 aliphatic heterocycles. The van der Waals surface area contributed by atoms with Crippen LogP contribution in [0, 0.1) is 0 Å².